The first-order valence-electron chi connectivity index (χ1n) is 8.76. The summed E-state index contributed by atoms with van der Waals surface area (Å²) in [6.07, 6.45) is 0. The Morgan fingerprint density at radius 3 is 2.34 bits per heavy atom. The van der Waals surface area contributed by atoms with Crippen molar-refractivity contribution in [1.29, 1.82) is 0 Å². The SMILES string of the molecule is COc1ccccc1N1C(=O)c2ccc(C(=O)Nc3ccc(O)cc3)cc2C1=O. The Morgan fingerprint density at radius 2 is 1.62 bits per heavy atom. The van der Waals surface area contributed by atoms with Crippen molar-refractivity contribution in [3.05, 3.63) is 83.4 Å². The number of nitrogens with one attached hydrogen (secondary N) is 1. The van der Waals surface area contributed by atoms with E-state index >= 15 is 0 Å². The molecular weight excluding hydrogens is 372 g/mol. The standard InChI is InChI=1S/C22H16N2O5/c1-29-19-5-3-2-4-18(19)24-21(27)16-11-6-13(12-17(16)22(24)28)20(26)23-14-7-9-15(25)10-8-14/h2-12,25H,1H3,(H,23,26). The fourth-order valence-electron chi connectivity index (χ4n) is 3.16. The van der Waals surface area contributed by atoms with Crippen molar-refractivity contribution in [2.45, 2.75) is 0 Å². The van der Waals surface area contributed by atoms with Gasteiger partial charge in [0.15, 0.2) is 0 Å². The van der Waals surface area contributed by atoms with Crippen LogP contribution in [0.25, 0.3) is 0 Å². The molecule has 2 N–H and O–H groups in total. The van der Waals surface area contributed by atoms with Crippen molar-refractivity contribution in [3.63, 3.8) is 0 Å². The van der Waals surface area contributed by atoms with E-state index < -0.39 is 17.7 Å². The number of para-hydroxylation sites is 2. The number of rotatable bonds is 4. The molecule has 0 radical (unpaired) electrons. The molecular formula is C22H16N2O5. The van der Waals surface area contributed by atoms with Gasteiger partial charge in [0.05, 0.1) is 23.9 Å². The summed E-state index contributed by atoms with van der Waals surface area (Å²) in [6.45, 7) is 0. The summed E-state index contributed by atoms with van der Waals surface area (Å²) in [5.74, 6) is -0.948. The van der Waals surface area contributed by atoms with Crippen molar-refractivity contribution < 1.29 is 24.2 Å². The minimum atomic E-state index is -0.520. The van der Waals surface area contributed by atoms with E-state index in [0.717, 1.165) is 4.90 Å². The highest BCUT2D eigenvalue weighted by Gasteiger charge is 2.38. The highest BCUT2D eigenvalue weighted by Crippen LogP contribution is 2.35. The molecule has 0 bridgehead atoms. The van der Waals surface area contributed by atoms with Crippen LogP contribution in [0.15, 0.2) is 66.7 Å². The van der Waals surface area contributed by atoms with E-state index in [-0.39, 0.29) is 22.4 Å². The molecule has 0 fully saturated rings. The van der Waals surface area contributed by atoms with Gasteiger partial charge in [0.2, 0.25) is 0 Å². The van der Waals surface area contributed by atoms with Crippen LogP contribution in [0.4, 0.5) is 11.4 Å². The molecule has 7 heteroatoms. The maximum Gasteiger partial charge on any atom is 0.266 e. The van der Waals surface area contributed by atoms with Gasteiger partial charge in [-0.25, -0.2) is 4.90 Å². The maximum absolute atomic E-state index is 12.9. The number of aromatic hydroxyl groups is 1. The lowest BCUT2D eigenvalue weighted by molar-refractivity contribution is 0.0924. The van der Waals surface area contributed by atoms with Gasteiger partial charge in [-0.05, 0) is 54.6 Å². The predicted molar refractivity (Wildman–Crippen MR) is 107 cm³/mol. The number of anilines is 2. The van der Waals surface area contributed by atoms with Crippen molar-refractivity contribution >= 4 is 29.1 Å². The fourth-order valence-corrected chi connectivity index (χ4v) is 3.16. The molecule has 0 atom stereocenters. The van der Waals surface area contributed by atoms with Crippen LogP contribution in [0.3, 0.4) is 0 Å². The molecule has 3 amide bonds. The van der Waals surface area contributed by atoms with E-state index in [0.29, 0.717) is 17.1 Å². The van der Waals surface area contributed by atoms with Gasteiger partial charge < -0.3 is 15.2 Å². The highest BCUT2D eigenvalue weighted by atomic mass is 16.5. The predicted octanol–water partition coefficient (Wildman–Crippen LogP) is 3.45. The van der Waals surface area contributed by atoms with Gasteiger partial charge >= 0.3 is 0 Å². The molecule has 1 heterocycles. The number of hydrogen-bond donors (Lipinski definition) is 2. The molecule has 1 aliphatic heterocycles. The molecule has 1 aliphatic rings. The van der Waals surface area contributed by atoms with Crippen LogP contribution in [0.5, 0.6) is 11.5 Å². The molecule has 144 valence electrons. The number of benzene rings is 3. The van der Waals surface area contributed by atoms with Gasteiger partial charge in [0, 0.05) is 11.3 Å². The summed E-state index contributed by atoms with van der Waals surface area (Å²) in [7, 11) is 1.46. The number of amides is 3. The number of phenols is 1. The number of phenolic OH excluding ortho intramolecular Hbond substituents is 1. The zero-order valence-electron chi connectivity index (χ0n) is 15.4. The quantitative estimate of drug-likeness (QED) is 0.527. The normalized spacial score (nSPS) is 12.7. The smallest absolute Gasteiger partial charge is 0.266 e. The van der Waals surface area contributed by atoms with Crippen LogP contribution in [-0.2, 0) is 0 Å². The Kier molecular flexibility index (Phi) is 4.48. The topological polar surface area (TPSA) is 95.9 Å². The minimum absolute atomic E-state index is 0.0843. The van der Waals surface area contributed by atoms with Gasteiger partial charge in [0.25, 0.3) is 17.7 Å². The third-order valence-electron chi connectivity index (χ3n) is 4.60. The summed E-state index contributed by atoms with van der Waals surface area (Å²) < 4.78 is 5.26. The van der Waals surface area contributed by atoms with E-state index in [4.69, 9.17) is 4.74 Å². The lowest BCUT2D eigenvalue weighted by atomic mass is 10.1. The van der Waals surface area contributed by atoms with Crippen molar-refractivity contribution in [3.8, 4) is 11.5 Å². The van der Waals surface area contributed by atoms with E-state index in [1.54, 1.807) is 36.4 Å². The van der Waals surface area contributed by atoms with Crippen LogP contribution in [-0.4, -0.2) is 29.9 Å². The van der Waals surface area contributed by atoms with Crippen molar-refractivity contribution in [2.24, 2.45) is 0 Å². The zero-order chi connectivity index (χ0) is 20.5. The Bertz CT molecular complexity index is 1140. The van der Waals surface area contributed by atoms with Crippen LogP contribution in [0.1, 0.15) is 31.1 Å². The lowest BCUT2D eigenvalue weighted by Gasteiger charge is -2.16. The fraction of sp³-hybridized carbons (Fsp3) is 0.0455. The summed E-state index contributed by atoms with van der Waals surface area (Å²) in [5, 5.41) is 12.0. The molecule has 0 unspecified atom stereocenters. The molecule has 29 heavy (non-hydrogen) atoms. The summed E-state index contributed by atoms with van der Waals surface area (Å²) in [5.41, 5.74) is 1.45. The molecule has 3 aromatic rings. The van der Waals surface area contributed by atoms with Gasteiger partial charge in [-0.15, -0.1) is 0 Å². The monoisotopic (exact) mass is 388 g/mol. The maximum atomic E-state index is 12.9. The average Bonchev–Trinajstić information content (AvgIpc) is 2.99. The Balaban J connectivity index is 1.65. The molecule has 0 saturated carbocycles. The van der Waals surface area contributed by atoms with Gasteiger partial charge in [0.1, 0.15) is 11.5 Å². The molecule has 3 aromatic carbocycles. The van der Waals surface area contributed by atoms with E-state index in [2.05, 4.69) is 5.32 Å². The largest absolute Gasteiger partial charge is 0.508 e. The van der Waals surface area contributed by atoms with Crippen LogP contribution >= 0.6 is 0 Å². The molecule has 0 saturated heterocycles. The van der Waals surface area contributed by atoms with Crippen LogP contribution in [0, 0.1) is 0 Å². The van der Waals surface area contributed by atoms with Crippen molar-refractivity contribution in [1.82, 2.24) is 0 Å². The van der Waals surface area contributed by atoms with E-state index in [1.807, 2.05) is 0 Å². The molecule has 0 aromatic heterocycles. The molecule has 7 nitrogen and oxygen atoms in total. The van der Waals surface area contributed by atoms with E-state index in [1.165, 1.54) is 37.4 Å². The lowest BCUT2D eigenvalue weighted by Crippen LogP contribution is -2.29. The Morgan fingerprint density at radius 1 is 0.931 bits per heavy atom. The second-order valence-electron chi connectivity index (χ2n) is 6.38. The summed E-state index contributed by atoms with van der Waals surface area (Å²) >= 11 is 0. The second kappa shape index (κ2) is 7.12. The van der Waals surface area contributed by atoms with Gasteiger partial charge in [-0.2, -0.15) is 0 Å². The number of carbonyl (C=O) groups is 3. The van der Waals surface area contributed by atoms with E-state index in [9.17, 15) is 19.5 Å². The Labute approximate surface area is 166 Å². The number of methoxy groups -OCH3 is 1. The summed E-state index contributed by atoms with van der Waals surface area (Å²) in [4.78, 5) is 39.3. The van der Waals surface area contributed by atoms with Gasteiger partial charge in [-0.3, -0.25) is 14.4 Å². The number of ether oxygens (including phenoxy) is 1. The molecule has 0 spiro atoms. The zero-order valence-corrected chi connectivity index (χ0v) is 15.4. The van der Waals surface area contributed by atoms with Gasteiger partial charge in [-0.1, -0.05) is 12.1 Å². The number of nitrogens with zero attached hydrogens (tertiary/aromatic N) is 1. The van der Waals surface area contributed by atoms with Crippen LogP contribution in [0.2, 0.25) is 0 Å². The third kappa shape index (κ3) is 3.19. The minimum Gasteiger partial charge on any atom is -0.508 e. The molecule has 4 rings (SSSR count). The highest BCUT2D eigenvalue weighted by molar-refractivity contribution is 6.35. The van der Waals surface area contributed by atoms with Crippen molar-refractivity contribution in [2.75, 3.05) is 17.3 Å². The third-order valence-corrected chi connectivity index (χ3v) is 4.60. The number of imide groups is 1. The summed E-state index contributed by atoms with van der Waals surface area (Å²) in [6, 6.07) is 17.1. The first-order valence-corrected chi connectivity index (χ1v) is 8.76. The Hall–Kier alpha value is -4.13. The molecule has 0 aliphatic carbocycles. The van der Waals surface area contributed by atoms with Crippen LogP contribution < -0.4 is 15.0 Å². The first kappa shape index (κ1) is 18.2. The number of hydrogen-bond acceptors (Lipinski definition) is 5. The number of fused-ring (bicyclic) bond motifs is 1. The number of carbonyl (C=O) groups excluding carboxylic acids is 3. The second-order valence-corrected chi connectivity index (χ2v) is 6.38. The average molecular weight is 388 g/mol. The first-order chi connectivity index (χ1) is 14.0.